The monoisotopic (exact) mass is 243 g/mol. The molecule has 2 nitrogen and oxygen atoms in total. The molecule has 0 atom stereocenters. The highest BCUT2D eigenvalue weighted by atomic mass is 79.9. The van der Waals surface area contributed by atoms with Gasteiger partial charge in [0, 0.05) is 5.39 Å². The smallest absolute Gasteiger partial charge is 0.148 e. The Morgan fingerprint density at radius 3 is 2.85 bits per heavy atom. The summed E-state index contributed by atoms with van der Waals surface area (Å²) in [7, 11) is 0. The number of fused-ring (bicyclic) bond motifs is 1. The van der Waals surface area contributed by atoms with Gasteiger partial charge in [0.2, 0.25) is 0 Å². The lowest BCUT2D eigenvalue weighted by Gasteiger charge is -1.92. The van der Waals surface area contributed by atoms with Gasteiger partial charge in [0.05, 0.1) is 11.0 Å². The molecule has 1 aromatic heterocycles. The quantitative estimate of drug-likeness (QED) is 0.837. The zero-order valence-electron chi connectivity index (χ0n) is 6.68. The summed E-state index contributed by atoms with van der Waals surface area (Å²) in [5.41, 5.74) is 6.04. The highest BCUT2D eigenvalue weighted by molar-refractivity contribution is 9.10. The molecule has 2 aromatic rings. The van der Waals surface area contributed by atoms with E-state index in [1.165, 1.54) is 12.1 Å². The Morgan fingerprint density at radius 2 is 2.15 bits per heavy atom. The summed E-state index contributed by atoms with van der Waals surface area (Å²) in [6.45, 7) is 0.322. The lowest BCUT2D eigenvalue weighted by molar-refractivity contribution is 0.550. The number of nitrogens with two attached hydrogens (primary N) is 1. The molecule has 0 radical (unpaired) electrons. The third-order valence-corrected chi connectivity index (χ3v) is 2.38. The minimum absolute atomic E-state index is 0.288. The molecular weight excluding hydrogens is 237 g/mol. The van der Waals surface area contributed by atoms with Crippen molar-refractivity contribution >= 4 is 26.9 Å². The van der Waals surface area contributed by atoms with Crippen LogP contribution in [0.15, 0.2) is 27.1 Å². The number of rotatable bonds is 1. The summed E-state index contributed by atoms with van der Waals surface area (Å²) >= 11 is 3.22. The first-order valence-corrected chi connectivity index (χ1v) is 4.57. The topological polar surface area (TPSA) is 39.2 Å². The minimum atomic E-state index is -0.288. The summed E-state index contributed by atoms with van der Waals surface area (Å²) in [6.07, 6.45) is 0. The normalized spacial score (nSPS) is 11.0. The van der Waals surface area contributed by atoms with Crippen molar-refractivity contribution in [1.29, 1.82) is 0 Å². The van der Waals surface area contributed by atoms with Crippen molar-refractivity contribution in [2.45, 2.75) is 6.54 Å². The zero-order valence-corrected chi connectivity index (χ0v) is 8.27. The van der Waals surface area contributed by atoms with Crippen LogP contribution in [0.25, 0.3) is 11.0 Å². The Morgan fingerprint density at radius 1 is 1.38 bits per heavy atom. The number of hydrogen-bond donors (Lipinski definition) is 1. The second-order valence-electron chi connectivity index (χ2n) is 2.72. The molecule has 1 heterocycles. The van der Waals surface area contributed by atoms with Crippen LogP contribution in [0.3, 0.4) is 0 Å². The van der Waals surface area contributed by atoms with Crippen molar-refractivity contribution in [2.24, 2.45) is 5.73 Å². The molecule has 0 spiro atoms. The molecule has 0 saturated heterocycles. The van der Waals surface area contributed by atoms with E-state index in [0.29, 0.717) is 22.4 Å². The van der Waals surface area contributed by atoms with Crippen LogP contribution in [-0.2, 0) is 6.54 Å². The Labute approximate surface area is 82.6 Å². The van der Waals surface area contributed by atoms with Crippen LogP contribution in [0.1, 0.15) is 5.76 Å². The number of benzene rings is 1. The first kappa shape index (κ1) is 8.72. The van der Waals surface area contributed by atoms with Gasteiger partial charge in [-0.25, -0.2) is 4.39 Å². The van der Waals surface area contributed by atoms with Gasteiger partial charge >= 0.3 is 0 Å². The molecule has 2 N–H and O–H groups in total. The van der Waals surface area contributed by atoms with Crippen LogP contribution in [0.4, 0.5) is 4.39 Å². The Hall–Kier alpha value is -0.870. The Bertz CT molecular complexity index is 452. The number of halogens is 2. The van der Waals surface area contributed by atoms with Crippen molar-refractivity contribution in [3.63, 3.8) is 0 Å². The van der Waals surface area contributed by atoms with Gasteiger partial charge in [-0.05, 0) is 34.1 Å². The minimum Gasteiger partial charge on any atom is -0.459 e. The molecule has 0 amide bonds. The maximum Gasteiger partial charge on any atom is 0.148 e. The maximum absolute atomic E-state index is 12.9. The summed E-state index contributed by atoms with van der Waals surface area (Å²) in [6, 6.07) is 4.53. The fraction of sp³-hybridized carbons (Fsp3) is 0.111. The van der Waals surface area contributed by atoms with E-state index in [9.17, 15) is 4.39 Å². The van der Waals surface area contributed by atoms with E-state index < -0.39 is 0 Å². The van der Waals surface area contributed by atoms with E-state index in [1.54, 1.807) is 6.07 Å². The van der Waals surface area contributed by atoms with E-state index in [1.807, 2.05) is 0 Å². The molecule has 2 rings (SSSR count). The zero-order chi connectivity index (χ0) is 9.42. The fourth-order valence-corrected chi connectivity index (χ4v) is 1.76. The molecule has 0 bridgehead atoms. The molecule has 0 fully saturated rings. The van der Waals surface area contributed by atoms with E-state index in [0.717, 1.165) is 5.39 Å². The summed E-state index contributed by atoms with van der Waals surface area (Å²) in [5, 5.41) is 0.729. The van der Waals surface area contributed by atoms with Crippen LogP contribution >= 0.6 is 15.9 Å². The molecule has 0 aliphatic rings. The molecule has 1 aromatic carbocycles. The van der Waals surface area contributed by atoms with Crippen LogP contribution in [0.5, 0.6) is 0 Å². The van der Waals surface area contributed by atoms with Gasteiger partial charge in [-0.1, -0.05) is 0 Å². The molecule has 4 heteroatoms. The third kappa shape index (κ3) is 1.47. The SMILES string of the molecule is NCc1cc2cc(F)cc(Br)c2o1. The van der Waals surface area contributed by atoms with Crippen LogP contribution < -0.4 is 5.73 Å². The Balaban J connectivity index is 2.75. The molecule has 0 aliphatic heterocycles. The van der Waals surface area contributed by atoms with Crippen LogP contribution in [-0.4, -0.2) is 0 Å². The average Bonchev–Trinajstić information content (AvgIpc) is 2.47. The van der Waals surface area contributed by atoms with E-state index >= 15 is 0 Å². The first-order valence-electron chi connectivity index (χ1n) is 3.78. The fourth-order valence-electron chi connectivity index (χ4n) is 1.23. The Kier molecular flexibility index (Phi) is 2.09. The van der Waals surface area contributed by atoms with Gasteiger partial charge in [-0.3, -0.25) is 0 Å². The third-order valence-electron chi connectivity index (χ3n) is 1.79. The van der Waals surface area contributed by atoms with Gasteiger partial charge < -0.3 is 10.2 Å². The lowest BCUT2D eigenvalue weighted by atomic mass is 10.2. The van der Waals surface area contributed by atoms with Crippen molar-refractivity contribution in [3.05, 3.63) is 34.2 Å². The van der Waals surface area contributed by atoms with Gasteiger partial charge in [0.1, 0.15) is 17.2 Å². The van der Waals surface area contributed by atoms with Gasteiger partial charge in [0.25, 0.3) is 0 Å². The summed E-state index contributed by atoms with van der Waals surface area (Å²) < 4.78 is 18.9. The van der Waals surface area contributed by atoms with Crippen LogP contribution in [0.2, 0.25) is 0 Å². The van der Waals surface area contributed by atoms with Crippen LogP contribution in [0, 0.1) is 5.82 Å². The van der Waals surface area contributed by atoms with Crippen molar-refractivity contribution in [2.75, 3.05) is 0 Å². The highest BCUT2D eigenvalue weighted by Crippen LogP contribution is 2.28. The maximum atomic E-state index is 12.9. The number of hydrogen-bond acceptors (Lipinski definition) is 2. The second-order valence-corrected chi connectivity index (χ2v) is 3.58. The molecule has 0 aliphatic carbocycles. The standard InChI is InChI=1S/C9H7BrFNO/c10-8-3-6(11)1-5-2-7(4-12)13-9(5)8/h1-3H,4,12H2. The summed E-state index contributed by atoms with van der Waals surface area (Å²) in [4.78, 5) is 0. The number of furan rings is 1. The van der Waals surface area contributed by atoms with Gasteiger partial charge in [-0.15, -0.1) is 0 Å². The predicted molar refractivity (Wildman–Crippen MR) is 51.8 cm³/mol. The van der Waals surface area contributed by atoms with E-state index in [-0.39, 0.29) is 5.82 Å². The highest BCUT2D eigenvalue weighted by Gasteiger charge is 2.07. The summed E-state index contributed by atoms with van der Waals surface area (Å²) in [5.74, 6) is 0.366. The largest absolute Gasteiger partial charge is 0.459 e. The lowest BCUT2D eigenvalue weighted by Crippen LogP contribution is -1.92. The molecule has 0 unspecified atom stereocenters. The van der Waals surface area contributed by atoms with Crippen molar-refractivity contribution in [1.82, 2.24) is 0 Å². The average molecular weight is 244 g/mol. The van der Waals surface area contributed by atoms with Crippen molar-refractivity contribution in [3.8, 4) is 0 Å². The molecule has 13 heavy (non-hydrogen) atoms. The molecule has 68 valence electrons. The molecular formula is C9H7BrFNO. The van der Waals surface area contributed by atoms with Gasteiger partial charge in [0.15, 0.2) is 0 Å². The predicted octanol–water partition coefficient (Wildman–Crippen LogP) is 2.79. The van der Waals surface area contributed by atoms with E-state index in [4.69, 9.17) is 10.2 Å². The van der Waals surface area contributed by atoms with Crippen molar-refractivity contribution < 1.29 is 8.81 Å². The van der Waals surface area contributed by atoms with E-state index in [2.05, 4.69) is 15.9 Å². The van der Waals surface area contributed by atoms with Gasteiger partial charge in [-0.2, -0.15) is 0 Å². The molecule has 0 saturated carbocycles. The second kappa shape index (κ2) is 3.12. The first-order chi connectivity index (χ1) is 6.20.